The fourth-order valence-corrected chi connectivity index (χ4v) is 2.27. The quantitative estimate of drug-likeness (QED) is 0.842. The average molecular weight is 268 g/mol. The van der Waals surface area contributed by atoms with Gasteiger partial charge in [0.15, 0.2) is 6.10 Å². The van der Waals surface area contributed by atoms with Crippen LogP contribution in [-0.2, 0) is 4.79 Å². The molecule has 4 heteroatoms. The van der Waals surface area contributed by atoms with Crippen molar-refractivity contribution < 1.29 is 9.53 Å². The second-order valence-electron chi connectivity index (χ2n) is 4.60. The molecule has 18 heavy (non-hydrogen) atoms. The maximum atomic E-state index is 12.1. The van der Waals surface area contributed by atoms with Crippen molar-refractivity contribution in [3.8, 4) is 5.75 Å². The number of hydrogen-bond donors (Lipinski definition) is 0. The molecule has 1 aromatic rings. The SMILES string of the molecule is C[C@@H](Oc1ccc(Cl)cc1)C(=O)N1CCCCC1. The molecule has 3 nitrogen and oxygen atoms in total. The standard InChI is InChI=1S/C14H18ClNO2/c1-11(14(17)16-9-3-2-4-10-16)18-13-7-5-12(15)6-8-13/h5-8,11H,2-4,9-10H2,1H3/t11-/m1/s1. The lowest BCUT2D eigenvalue weighted by Gasteiger charge is -2.29. The van der Waals surface area contributed by atoms with Gasteiger partial charge in [-0.3, -0.25) is 4.79 Å². The minimum absolute atomic E-state index is 0.0738. The number of piperidine rings is 1. The van der Waals surface area contributed by atoms with Gasteiger partial charge in [0.25, 0.3) is 5.91 Å². The van der Waals surface area contributed by atoms with Crippen LogP contribution in [0.4, 0.5) is 0 Å². The molecule has 0 aromatic heterocycles. The van der Waals surface area contributed by atoms with Crippen molar-refractivity contribution in [1.29, 1.82) is 0 Å². The van der Waals surface area contributed by atoms with E-state index in [0.29, 0.717) is 10.8 Å². The third-order valence-electron chi connectivity index (χ3n) is 3.14. The largest absolute Gasteiger partial charge is 0.481 e. The molecule has 1 atom stereocenters. The molecule has 2 rings (SSSR count). The summed E-state index contributed by atoms with van der Waals surface area (Å²) in [5.41, 5.74) is 0. The van der Waals surface area contributed by atoms with Crippen molar-refractivity contribution in [1.82, 2.24) is 4.90 Å². The van der Waals surface area contributed by atoms with Gasteiger partial charge in [-0.05, 0) is 50.5 Å². The van der Waals surface area contributed by atoms with Gasteiger partial charge < -0.3 is 9.64 Å². The summed E-state index contributed by atoms with van der Waals surface area (Å²) in [7, 11) is 0. The Hall–Kier alpha value is -1.22. The van der Waals surface area contributed by atoms with Gasteiger partial charge in [-0.25, -0.2) is 0 Å². The Bertz CT molecular complexity index is 399. The summed E-state index contributed by atoms with van der Waals surface area (Å²) in [5.74, 6) is 0.752. The van der Waals surface area contributed by atoms with E-state index in [-0.39, 0.29) is 5.91 Å². The molecule has 1 aliphatic rings. The van der Waals surface area contributed by atoms with Crippen LogP contribution in [0.5, 0.6) is 5.75 Å². The van der Waals surface area contributed by atoms with Crippen molar-refractivity contribution >= 4 is 17.5 Å². The van der Waals surface area contributed by atoms with Gasteiger partial charge in [-0.15, -0.1) is 0 Å². The second-order valence-corrected chi connectivity index (χ2v) is 5.04. The number of ether oxygens (including phenoxy) is 1. The first-order valence-electron chi connectivity index (χ1n) is 6.38. The fraction of sp³-hybridized carbons (Fsp3) is 0.500. The van der Waals surface area contributed by atoms with Crippen molar-refractivity contribution in [3.63, 3.8) is 0 Å². The third kappa shape index (κ3) is 3.39. The van der Waals surface area contributed by atoms with Gasteiger partial charge in [0.05, 0.1) is 0 Å². The van der Waals surface area contributed by atoms with Gasteiger partial charge >= 0.3 is 0 Å². The molecule has 0 unspecified atom stereocenters. The lowest BCUT2D eigenvalue weighted by molar-refractivity contribution is -0.138. The molecule has 0 saturated carbocycles. The number of likely N-dealkylation sites (tertiary alicyclic amines) is 1. The molecule has 1 amide bonds. The van der Waals surface area contributed by atoms with Crippen molar-refractivity contribution in [2.45, 2.75) is 32.3 Å². The van der Waals surface area contributed by atoms with Crippen LogP contribution in [0.25, 0.3) is 0 Å². The molecular weight excluding hydrogens is 250 g/mol. The predicted molar refractivity (Wildman–Crippen MR) is 72.0 cm³/mol. The molecule has 0 N–H and O–H groups in total. The highest BCUT2D eigenvalue weighted by Crippen LogP contribution is 2.18. The maximum absolute atomic E-state index is 12.1. The van der Waals surface area contributed by atoms with Gasteiger partial charge in [0, 0.05) is 18.1 Å². The van der Waals surface area contributed by atoms with Crippen LogP contribution in [-0.4, -0.2) is 30.0 Å². The van der Waals surface area contributed by atoms with E-state index in [0.717, 1.165) is 25.9 Å². The highest BCUT2D eigenvalue weighted by molar-refractivity contribution is 6.30. The monoisotopic (exact) mass is 267 g/mol. The molecule has 0 bridgehead atoms. The lowest BCUT2D eigenvalue weighted by Crippen LogP contribution is -2.43. The number of nitrogens with zero attached hydrogens (tertiary/aromatic N) is 1. The topological polar surface area (TPSA) is 29.5 Å². The number of carbonyl (C=O) groups excluding carboxylic acids is 1. The van der Waals surface area contributed by atoms with E-state index in [2.05, 4.69) is 0 Å². The Morgan fingerprint density at radius 2 is 1.83 bits per heavy atom. The van der Waals surface area contributed by atoms with Crippen LogP contribution in [0.3, 0.4) is 0 Å². The van der Waals surface area contributed by atoms with Gasteiger partial charge in [-0.1, -0.05) is 11.6 Å². The Kier molecular flexibility index (Phi) is 4.48. The number of benzene rings is 1. The van der Waals surface area contributed by atoms with E-state index in [4.69, 9.17) is 16.3 Å². The molecule has 1 saturated heterocycles. The molecule has 1 aromatic carbocycles. The van der Waals surface area contributed by atoms with E-state index in [1.54, 1.807) is 31.2 Å². The van der Waals surface area contributed by atoms with Crippen LogP contribution < -0.4 is 4.74 Å². The summed E-state index contributed by atoms with van der Waals surface area (Å²) in [4.78, 5) is 14.0. The van der Waals surface area contributed by atoms with E-state index < -0.39 is 6.10 Å². The molecule has 98 valence electrons. The lowest BCUT2D eigenvalue weighted by atomic mass is 10.1. The molecule has 0 spiro atoms. The predicted octanol–water partition coefficient (Wildman–Crippen LogP) is 3.12. The summed E-state index contributed by atoms with van der Waals surface area (Å²) >= 11 is 5.80. The zero-order valence-electron chi connectivity index (χ0n) is 10.6. The first-order chi connectivity index (χ1) is 8.66. The minimum atomic E-state index is -0.440. The Morgan fingerprint density at radius 3 is 2.44 bits per heavy atom. The first kappa shape index (κ1) is 13.2. The van der Waals surface area contributed by atoms with Crippen LogP contribution in [0.15, 0.2) is 24.3 Å². The zero-order valence-corrected chi connectivity index (χ0v) is 11.3. The molecular formula is C14H18ClNO2. The molecule has 1 fully saturated rings. The molecule has 0 radical (unpaired) electrons. The van der Waals surface area contributed by atoms with Crippen molar-refractivity contribution in [3.05, 3.63) is 29.3 Å². The number of carbonyl (C=O) groups is 1. The molecule has 1 heterocycles. The minimum Gasteiger partial charge on any atom is -0.481 e. The number of hydrogen-bond acceptors (Lipinski definition) is 2. The van der Waals surface area contributed by atoms with Crippen LogP contribution in [0, 0.1) is 0 Å². The average Bonchev–Trinajstić information content (AvgIpc) is 2.41. The summed E-state index contributed by atoms with van der Waals surface area (Å²) in [5, 5.41) is 0.664. The number of halogens is 1. The van der Waals surface area contributed by atoms with Gasteiger partial charge in [0.2, 0.25) is 0 Å². The summed E-state index contributed by atoms with van der Waals surface area (Å²) in [6.45, 7) is 3.51. The van der Waals surface area contributed by atoms with E-state index in [1.165, 1.54) is 6.42 Å². The van der Waals surface area contributed by atoms with Gasteiger partial charge in [-0.2, -0.15) is 0 Å². The number of amides is 1. The normalized spacial score (nSPS) is 17.3. The smallest absolute Gasteiger partial charge is 0.263 e. The second kappa shape index (κ2) is 6.10. The van der Waals surface area contributed by atoms with E-state index in [1.807, 2.05) is 4.90 Å². The third-order valence-corrected chi connectivity index (χ3v) is 3.39. The van der Waals surface area contributed by atoms with E-state index >= 15 is 0 Å². The van der Waals surface area contributed by atoms with Crippen LogP contribution >= 0.6 is 11.6 Å². The maximum Gasteiger partial charge on any atom is 0.263 e. The molecule has 0 aliphatic carbocycles. The highest BCUT2D eigenvalue weighted by Gasteiger charge is 2.23. The van der Waals surface area contributed by atoms with Gasteiger partial charge in [0.1, 0.15) is 5.75 Å². The fourth-order valence-electron chi connectivity index (χ4n) is 2.14. The first-order valence-corrected chi connectivity index (χ1v) is 6.75. The van der Waals surface area contributed by atoms with Crippen LogP contribution in [0.1, 0.15) is 26.2 Å². The van der Waals surface area contributed by atoms with E-state index in [9.17, 15) is 4.79 Å². The van der Waals surface area contributed by atoms with Crippen molar-refractivity contribution in [2.24, 2.45) is 0 Å². The Balaban J connectivity index is 1.92. The Morgan fingerprint density at radius 1 is 1.22 bits per heavy atom. The van der Waals surface area contributed by atoms with Crippen LogP contribution in [0.2, 0.25) is 5.02 Å². The summed E-state index contributed by atoms with van der Waals surface area (Å²) in [6, 6.07) is 7.08. The van der Waals surface area contributed by atoms with Crippen molar-refractivity contribution in [2.75, 3.05) is 13.1 Å². The highest BCUT2D eigenvalue weighted by atomic mass is 35.5. The molecule has 1 aliphatic heterocycles. The summed E-state index contributed by atoms with van der Waals surface area (Å²) in [6.07, 6.45) is 2.97. The number of rotatable bonds is 3. The Labute approximate surface area is 113 Å². The zero-order chi connectivity index (χ0) is 13.0. The summed E-state index contributed by atoms with van der Waals surface area (Å²) < 4.78 is 5.63.